The van der Waals surface area contributed by atoms with Crippen molar-refractivity contribution in [3.63, 3.8) is 0 Å². The van der Waals surface area contributed by atoms with E-state index in [1.807, 2.05) is 6.92 Å². The molecule has 0 bridgehead atoms. The Kier molecular flexibility index (Phi) is 6.28. The summed E-state index contributed by atoms with van der Waals surface area (Å²) < 4.78 is 0. The van der Waals surface area contributed by atoms with Crippen molar-refractivity contribution in [1.29, 1.82) is 0 Å². The topological polar surface area (TPSA) is 62.4 Å². The summed E-state index contributed by atoms with van der Waals surface area (Å²) in [5.74, 6) is 0.840. The zero-order valence-corrected chi connectivity index (χ0v) is 9.96. The lowest BCUT2D eigenvalue weighted by Crippen LogP contribution is -2.44. The van der Waals surface area contributed by atoms with E-state index >= 15 is 0 Å². The summed E-state index contributed by atoms with van der Waals surface area (Å²) in [6, 6.07) is 0.870. The van der Waals surface area contributed by atoms with E-state index in [9.17, 15) is 0 Å². The van der Waals surface area contributed by atoms with Crippen LogP contribution in [0.5, 0.6) is 0 Å². The van der Waals surface area contributed by atoms with Crippen LogP contribution >= 0.6 is 0 Å². The molecular weight excluding hydrogens is 176 g/mol. The minimum atomic E-state index is 0.105. The molecule has 0 fully saturated rings. The Labute approximate surface area is 87.4 Å². The van der Waals surface area contributed by atoms with Crippen molar-refractivity contribution in [2.45, 2.75) is 52.7 Å². The molecule has 0 saturated heterocycles. The second-order valence-electron chi connectivity index (χ2n) is 4.26. The maximum atomic E-state index is 5.64. The molecule has 0 aliphatic rings. The van der Waals surface area contributed by atoms with Gasteiger partial charge in [0.1, 0.15) is 0 Å². The van der Waals surface area contributed by atoms with E-state index in [0.717, 1.165) is 5.96 Å². The summed E-state index contributed by atoms with van der Waals surface area (Å²) >= 11 is 0. The van der Waals surface area contributed by atoms with Crippen molar-refractivity contribution in [1.82, 2.24) is 10.6 Å². The number of rotatable bonds is 4. The lowest BCUT2D eigenvalue weighted by molar-refractivity contribution is 0.648. The maximum absolute atomic E-state index is 5.64. The van der Waals surface area contributed by atoms with Gasteiger partial charge in [0.15, 0.2) is 5.96 Å². The fourth-order valence-electron chi connectivity index (χ4n) is 0.915. The molecule has 0 aliphatic carbocycles. The van der Waals surface area contributed by atoms with Gasteiger partial charge in [0.05, 0.1) is 6.54 Å². The molecule has 0 heterocycles. The Balaban J connectivity index is 4.15. The Bertz CT molecular complexity index is 161. The average Bonchev–Trinajstić information content (AvgIpc) is 1.97. The molecule has 0 saturated carbocycles. The maximum Gasteiger partial charge on any atom is 0.191 e. The summed E-state index contributed by atoms with van der Waals surface area (Å²) in [4.78, 5) is 4.37. The summed E-state index contributed by atoms with van der Waals surface area (Å²) in [5, 5.41) is 6.50. The Morgan fingerprint density at radius 2 is 1.50 bits per heavy atom. The van der Waals surface area contributed by atoms with Crippen LogP contribution in [0.1, 0.15) is 34.6 Å². The fourth-order valence-corrected chi connectivity index (χ4v) is 0.915. The first-order valence-corrected chi connectivity index (χ1v) is 5.25. The minimum absolute atomic E-state index is 0.105. The first-order chi connectivity index (χ1) is 6.41. The van der Waals surface area contributed by atoms with Crippen LogP contribution in [0.4, 0.5) is 0 Å². The van der Waals surface area contributed by atoms with Gasteiger partial charge in [-0.25, -0.2) is 0 Å². The van der Waals surface area contributed by atoms with Crippen molar-refractivity contribution >= 4 is 5.96 Å². The summed E-state index contributed by atoms with van der Waals surface area (Å²) in [7, 11) is 0. The molecule has 4 N–H and O–H groups in total. The third kappa shape index (κ3) is 7.86. The van der Waals surface area contributed by atoms with Gasteiger partial charge in [0.2, 0.25) is 0 Å². The second-order valence-corrected chi connectivity index (χ2v) is 4.26. The number of nitrogens with two attached hydrogens (primary N) is 1. The third-order valence-corrected chi connectivity index (χ3v) is 1.39. The SMILES string of the molecule is CC(N)CN=C(NC(C)C)NC(C)C. The molecule has 0 aromatic rings. The standard InChI is InChI=1S/C10H24N4/c1-7(2)13-10(14-8(3)4)12-6-9(5)11/h7-9H,6,11H2,1-5H3,(H2,12,13,14). The molecule has 0 aromatic heterocycles. The first-order valence-electron chi connectivity index (χ1n) is 5.25. The highest BCUT2D eigenvalue weighted by molar-refractivity contribution is 5.80. The molecule has 0 aliphatic heterocycles. The number of nitrogens with one attached hydrogen (secondary N) is 2. The molecule has 0 spiro atoms. The highest BCUT2D eigenvalue weighted by Gasteiger charge is 2.02. The lowest BCUT2D eigenvalue weighted by Gasteiger charge is -2.17. The molecule has 0 radical (unpaired) electrons. The van der Waals surface area contributed by atoms with Crippen LogP contribution in [0.15, 0.2) is 4.99 Å². The lowest BCUT2D eigenvalue weighted by atomic mass is 10.3. The quantitative estimate of drug-likeness (QED) is 0.462. The van der Waals surface area contributed by atoms with E-state index in [1.165, 1.54) is 0 Å². The molecule has 84 valence electrons. The predicted molar refractivity (Wildman–Crippen MR) is 62.5 cm³/mol. The molecule has 0 amide bonds. The predicted octanol–water partition coefficient (Wildman–Crippen LogP) is 0.686. The smallest absolute Gasteiger partial charge is 0.191 e. The van der Waals surface area contributed by atoms with Crippen LogP contribution in [0, 0.1) is 0 Å². The van der Waals surface area contributed by atoms with E-state index in [0.29, 0.717) is 18.6 Å². The Hall–Kier alpha value is -0.770. The van der Waals surface area contributed by atoms with Crippen LogP contribution < -0.4 is 16.4 Å². The largest absolute Gasteiger partial charge is 0.354 e. The van der Waals surface area contributed by atoms with Crippen LogP contribution in [0.2, 0.25) is 0 Å². The average molecular weight is 200 g/mol. The van der Waals surface area contributed by atoms with Crippen LogP contribution in [0.25, 0.3) is 0 Å². The molecular formula is C10H24N4. The molecule has 4 heteroatoms. The van der Waals surface area contributed by atoms with Gasteiger partial charge in [-0.3, -0.25) is 4.99 Å². The Morgan fingerprint density at radius 3 is 1.79 bits per heavy atom. The van der Waals surface area contributed by atoms with Gasteiger partial charge in [0, 0.05) is 18.1 Å². The van der Waals surface area contributed by atoms with Gasteiger partial charge < -0.3 is 16.4 Å². The number of hydrogen-bond donors (Lipinski definition) is 3. The zero-order valence-electron chi connectivity index (χ0n) is 9.96. The molecule has 1 atom stereocenters. The zero-order chi connectivity index (χ0) is 11.1. The first kappa shape index (κ1) is 13.2. The number of hydrogen-bond acceptors (Lipinski definition) is 2. The van der Waals surface area contributed by atoms with Crippen molar-refractivity contribution < 1.29 is 0 Å². The molecule has 14 heavy (non-hydrogen) atoms. The van der Waals surface area contributed by atoms with Crippen LogP contribution in [0.3, 0.4) is 0 Å². The number of aliphatic imine (C=N–C) groups is 1. The number of guanidine groups is 1. The van der Waals surface area contributed by atoms with Crippen LogP contribution in [-0.2, 0) is 0 Å². The van der Waals surface area contributed by atoms with Gasteiger partial charge in [-0.2, -0.15) is 0 Å². The van der Waals surface area contributed by atoms with Gasteiger partial charge in [-0.15, -0.1) is 0 Å². The van der Waals surface area contributed by atoms with Gasteiger partial charge >= 0.3 is 0 Å². The van der Waals surface area contributed by atoms with E-state index in [4.69, 9.17) is 5.73 Å². The van der Waals surface area contributed by atoms with Gasteiger partial charge in [-0.1, -0.05) is 0 Å². The normalized spacial score (nSPS) is 12.9. The highest BCUT2D eigenvalue weighted by atomic mass is 15.2. The van der Waals surface area contributed by atoms with E-state index in [2.05, 4.69) is 43.3 Å². The molecule has 0 aromatic carbocycles. The molecule has 1 unspecified atom stereocenters. The summed E-state index contributed by atoms with van der Waals surface area (Å²) in [6.45, 7) is 10.9. The van der Waals surface area contributed by atoms with E-state index < -0.39 is 0 Å². The minimum Gasteiger partial charge on any atom is -0.354 e. The highest BCUT2D eigenvalue weighted by Crippen LogP contribution is 1.84. The Morgan fingerprint density at radius 1 is 1.07 bits per heavy atom. The van der Waals surface area contributed by atoms with E-state index in [1.54, 1.807) is 0 Å². The van der Waals surface area contributed by atoms with Crippen molar-refractivity contribution in [2.24, 2.45) is 10.7 Å². The third-order valence-electron chi connectivity index (χ3n) is 1.39. The summed E-state index contributed by atoms with van der Waals surface area (Å²) in [6.07, 6.45) is 0. The second kappa shape index (κ2) is 6.65. The fraction of sp³-hybridized carbons (Fsp3) is 0.900. The monoisotopic (exact) mass is 200 g/mol. The molecule has 4 nitrogen and oxygen atoms in total. The van der Waals surface area contributed by atoms with Crippen molar-refractivity contribution in [3.05, 3.63) is 0 Å². The summed E-state index contributed by atoms with van der Waals surface area (Å²) in [5.41, 5.74) is 5.64. The van der Waals surface area contributed by atoms with Crippen LogP contribution in [-0.4, -0.2) is 30.6 Å². The van der Waals surface area contributed by atoms with Gasteiger partial charge in [-0.05, 0) is 34.6 Å². The molecule has 0 rings (SSSR count). The van der Waals surface area contributed by atoms with Crippen molar-refractivity contribution in [2.75, 3.05) is 6.54 Å². The van der Waals surface area contributed by atoms with Crippen molar-refractivity contribution in [3.8, 4) is 0 Å². The van der Waals surface area contributed by atoms with E-state index in [-0.39, 0.29) is 6.04 Å². The number of nitrogens with zero attached hydrogens (tertiary/aromatic N) is 1. The van der Waals surface area contributed by atoms with Gasteiger partial charge in [0.25, 0.3) is 0 Å².